The first-order valence-electron chi connectivity index (χ1n) is 7.83. The molecule has 0 bridgehead atoms. The Bertz CT molecular complexity index is 795. The molecule has 1 fully saturated rings. The van der Waals surface area contributed by atoms with Crippen molar-refractivity contribution in [1.82, 2.24) is 15.1 Å². The Morgan fingerprint density at radius 3 is 2.50 bits per heavy atom. The number of carbonyl (C=O) groups is 1. The molecule has 0 unspecified atom stereocenters. The van der Waals surface area contributed by atoms with Crippen molar-refractivity contribution in [2.75, 3.05) is 6.61 Å². The van der Waals surface area contributed by atoms with E-state index < -0.39 is 22.8 Å². The lowest BCUT2D eigenvalue weighted by molar-refractivity contribution is 0.0831. The molecule has 1 aromatic carbocycles. The van der Waals surface area contributed by atoms with Crippen LogP contribution >= 0.6 is 0 Å². The van der Waals surface area contributed by atoms with Gasteiger partial charge in [0.05, 0.1) is 17.8 Å². The van der Waals surface area contributed by atoms with Gasteiger partial charge in [-0.2, -0.15) is 9.78 Å². The van der Waals surface area contributed by atoms with Crippen molar-refractivity contribution in [2.45, 2.75) is 31.2 Å². The lowest BCUT2D eigenvalue weighted by Gasteiger charge is -2.27. The van der Waals surface area contributed by atoms with E-state index in [1.165, 1.54) is 36.4 Å². The summed E-state index contributed by atoms with van der Waals surface area (Å²) in [6.07, 6.45) is 3.33. The van der Waals surface area contributed by atoms with E-state index in [1.54, 1.807) is 0 Å². The lowest BCUT2D eigenvalue weighted by atomic mass is 9.99. The molecular weight excluding hydrogens is 313 g/mol. The van der Waals surface area contributed by atoms with Crippen molar-refractivity contribution in [2.24, 2.45) is 0 Å². The molecule has 1 amide bonds. The predicted octanol–water partition coefficient (Wildman–Crippen LogP) is 1.41. The molecule has 6 nitrogen and oxygen atoms in total. The molecule has 0 atom stereocenters. The van der Waals surface area contributed by atoms with Crippen LogP contribution in [0.15, 0.2) is 41.2 Å². The monoisotopic (exact) mass is 331 g/mol. The first-order chi connectivity index (χ1) is 11.5. The summed E-state index contributed by atoms with van der Waals surface area (Å²) < 4.78 is 14.1. The van der Waals surface area contributed by atoms with E-state index in [2.05, 4.69) is 10.4 Å². The van der Waals surface area contributed by atoms with E-state index in [4.69, 9.17) is 0 Å². The van der Waals surface area contributed by atoms with Gasteiger partial charge in [-0.15, -0.1) is 0 Å². The standard InChI is InChI=1S/C17H18FN3O3/c18-12-3-5-13(6-4-12)21-15(23)8-7-14(20-21)16(24)19-17(11-22)9-1-2-10-17/h3-8,22H,1-2,9-11H2,(H,19,24). The Labute approximate surface area is 137 Å². The topological polar surface area (TPSA) is 84.2 Å². The molecule has 1 aliphatic rings. The second kappa shape index (κ2) is 6.52. The average molecular weight is 331 g/mol. The fourth-order valence-electron chi connectivity index (χ4n) is 2.98. The molecule has 1 aliphatic carbocycles. The molecule has 1 heterocycles. The summed E-state index contributed by atoms with van der Waals surface area (Å²) in [5.74, 6) is -0.867. The van der Waals surface area contributed by atoms with Crippen LogP contribution in [0.3, 0.4) is 0 Å². The number of benzene rings is 1. The molecular formula is C17H18FN3O3. The van der Waals surface area contributed by atoms with Gasteiger partial charge in [0.15, 0.2) is 0 Å². The van der Waals surface area contributed by atoms with Crippen LogP contribution in [0.4, 0.5) is 4.39 Å². The second-order valence-corrected chi connectivity index (χ2v) is 6.04. The number of aliphatic hydroxyl groups is 1. The minimum atomic E-state index is -0.615. The molecule has 0 spiro atoms. The molecule has 2 N–H and O–H groups in total. The van der Waals surface area contributed by atoms with Crippen LogP contribution in [0, 0.1) is 5.82 Å². The Morgan fingerprint density at radius 1 is 1.21 bits per heavy atom. The van der Waals surface area contributed by atoms with Crippen LogP contribution in [-0.4, -0.2) is 32.9 Å². The summed E-state index contributed by atoms with van der Waals surface area (Å²) in [6.45, 7) is -0.129. The highest BCUT2D eigenvalue weighted by molar-refractivity contribution is 5.92. The zero-order valence-corrected chi connectivity index (χ0v) is 13.0. The van der Waals surface area contributed by atoms with Crippen LogP contribution < -0.4 is 10.9 Å². The van der Waals surface area contributed by atoms with Crippen LogP contribution in [0.2, 0.25) is 0 Å². The maximum atomic E-state index is 13.0. The summed E-state index contributed by atoms with van der Waals surface area (Å²) in [4.78, 5) is 24.4. The van der Waals surface area contributed by atoms with E-state index in [0.717, 1.165) is 17.5 Å². The van der Waals surface area contributed by atoms with E-state index in [0.29, 0.717) is 18.5 Å². The highest BCUT2D eigenvalue weighted by Crippen LogP contribution is 2.29. The second-order valence-electron chi connectivity index (χ2n) is 6.04. The number of hydrogen-bond donors (Lipinski definition) is 2. The van der Waals surface area contributed by atoms with Crippen molar-refractivity contribution in [3.05, 3.63) is 58.3 Å². The van der Waals surface area contributed by atoms with Gasteiger partial charge in [-0.05, 0) is 43.2 Å². The van der Waals surface area contributed by atoms with Gasteiger partial charge in [0.25, 0.3) is 11.5 Å². The number of hydrogen-bond acceptors (Lipinski definition) is 4. The van der Waals surface area contributed by atoms with Gasteiger partial charge in [-0.25, -0.2) is 4.39 Å². The van der Waals surface area contributed by atoms with Crippen LogP contribution in [0.1, 0.15) is 36.2 Å². The highest BCUT2D eigenvalue weighted by Gasteiger charge is 2.35. The molecule has 1 aromatic heterocycles. The number of carbonyl (C=O) groups excluding carboxylic acids is 1. The lowest BCUT2D eigenvalue weighted by Crippen LogP contribution is -2.49. The Morgan fingerprint density at radius 2 is 1.88 bits per heavy atom. The SMILES string of the molecule is O=C(NC1(CO)CCCC1)c1ccc(=O)n(-c2ccc(F)cc2)n1. The first kappa shape index (κ1) is 16.3. The van der Waals surface area contributed by atoms with Gasteiger partial charge in [-0.1, -0.05) is 12.8 Å². The number of halogens is 1. The first-order valence-corrected chi connectivity index (χ1v) is 7.83. The fourth-order valence-corrected chi connectivity index (χ4v) is 2.98. The molecule has 3 rings (SSSR count). The number of nitrogens with one attached hydrogen (secondary N) is 1. The average Bonchev–Trinajstić information content (AvgIpc) is 3.05. The highest BCUT2D eigenvalue weighted by atomic mass is 19.1. The molecule has 7 heteroatoms. The van der Waals surface area contributed by atoms with E-state index in [9.17, 15) is 19.1 Å². The fraction of sp³-hybridized carbons (Fsp3) is 0.353. The van der Waals surface area contributed by atoms with Crippen LogP contribution in [0.5, 0.6) is 0 Å². The largest absolute Gasteiger partial charge is 0.394 e. The van der Waals surface area contributed by atoms with Crippen molar-refractivity contribution in [1.29, 1.82) is 0 Å². The van der Waals surface area contributed by atoms with Crippen molar-refractivity contribution < 1.29 is 14.3 Å². The molecule has 126 valence electrons. The Balaban J connectivity index is 1.89. The minimum absolute atomic E-state index is 0.0682. The van der Waals surface area contributed by atoms with Crippen molar-refractivity contribution in [3.8, 4) is 5.69 Å². The predicted molar refractivity (Wildman–Crippen MR) is 85.5 cm³/mol. The molecule has 0 radical (unpaired) electrons. The number of nitrogens with zero attached hydrogens (tertiary/aromatic N) is 2. The van der Waals surface area contributed by atoms with E-state index in [1.807, 2.05) is 0 Å². The molecule has 0 aliphatic heterocycles. The van der Waals surface area contributed by atoms with Crippen LogP contribution in [0.25, 0.3) is 5.69 Å². The maximum Gasteiger partial charge on any atom is 0.272 e. The van der Waals surface area contributed by atoms with E-state index >= 15 is 0 Å². The molecule has 24 heavy (non-hydrogen) atoms. The molecule has 2 aromatic rings. The van der Waals surface area contributed by atoms with Gasteiger partial charge in [0, 0.05) is 6.07 Å². The number of aliphatic hydroxyl groups excluding tert-OH is 1. The zero-order valence-electron chi connectivity index (χ0n) is 13.0. The van der Waals surface area contributed by atoms with Gasteiger partial charge in [-0.3, -0.25) is 9.59 Å². The summed E-state index contributed by atoms with van der Waals surface area (Å²) >= 11 is 0. The third kappa shape index (κ3) is 3.21. The normalized spacial score (nSPS) is 16.1. The quantitative estimate of drug-likeness (QED) is 0.887. The zero-order chi connectivity index (χ0) is 17.2. The third-order valence-corrected chi connectivity index (χ3v) is 4.35. The van der Waals surface area contributed by atoms with Gasteiger partial charge in [0.1, 0.15) is 11.5 Å². The van der Waals surface area contributed by atoms with Gasteiger partial charge >= 0.3 is 0 Å². The smallest absolute Gasteiger partial charge is 0.272 e. The third-order valence-electron chi connectivity index (χ3n) is 4.35. The number of rotatable bonds is 4. The number of aromatic nitrogens is 2. The molecule has 0 saturated heterocycles. The number of amides is 1. The van der Waals surface area contributed by atoms with Gasteiger partial charge < -0.3 is 10.4 Å². The Hall–Kier alpha value is -2.54. The maximum absolute atomic E-state index is 13.0. The summed E-state index contributed by atoms with van der Waals surface area (Å²) in [7, 11) is 0. The summed E-state index contributed by atoms with van der Waals surface area (Å²) in [5.41, 5.74) is -0.598. The van der Waals surface area contributed by atoms with Crippen molar-refractivity contribution in [3.63, 3.8) is 0 Å². The minimum Gasteiger partial charge on any atom is -0.394 e. The van der Waals surface area contributed by atoms with Crippen LogP contribution in [-0.2, 0) is 0 Å². The summed E-state index contributed by atoms with van der Waals surface area (Å²) in [6, 6.07) is 7.85. The summed E-state index contributed by atoms with van der Waals surface area (Å²) in [5, 5.41) is 16.5. The van der Waals surface area contributed by atoms with Crippen molar-refractivity contribution >= 4 is 5.91 Å². The molecule has 1 saturated carbocycles. The van der Waals surface area contributed by atoms with Gasteiger partial charge in [0.2, 0.25) is 0 Å². The Kier molecular flexibility index (Phi) is 4.44. The van der Waals surface area contributed by atoms with E-state index in [-0.39, 0.29) is 12.3 Å².